The highest BCUT2D eigenvalue weighted by atomic mass is 16.5. The molecule has 0 saturated heterocycles. The topological polar surface area (TPSA) is 74.7 Å². The molecule has 5 heteroatoms. The van der Waals surface area contributed by atoms with Crippen LogP contribution in [0.25, 0.3) is 0 Å². The lowest BCUT2D eigenvalue weighted by molar-refractivity contribution is 0.341. The molecule has 0 aliphatic heterocycles. The lowest BCUT2D eigenvalue weighted by Gasteiger charge is -2.03. The Bertz CT molecular complexity index is 529. The van der Waals surface area contributed by atoms with Crippen LogP contribution >= 0.6 is 0 Å². The average molecular weight is 242 g/mol. The zero-order chi connectivity index (χ0) is 12.8. The maximum atomic E-state index is 8.48. The van der Waals surface area contributed by atoms with Crippen molar-refractivity contribution in [2.24, 2.45) is 0 Å². The highest BCUT2D eigenvalue weighted by Gasteiger charge is 2.13. The molecule has 0 spiro atoms. The van der Waals surface area contributed by atoms with Gasteiger partial charge in [-0.3, -0.25) is 5.32 Å². The van der Waals surface area contributed by atoms with E-state index >= 15 is 0 Å². The summed E-state index contributed by atoms with van der Waals surface area (Å²) in [5.74, 6) is 1.16. The lowest BCUT2D eigenvalue weighted by atomic mass is 10.1. The summed E-state index contributed by atoms with van der Waals surface area (Å²) in [5, 5.41) is 15.4. The molecule has 2 rings (SSSR count). The summed E-state index contributed by atoms with van der Waals surface area (Å²) in [4.78, 5) is 4.31. The first-order valence-corrected chi connectivity index (χ1v) is 5.76. The van der Waals surface area contributed by atoms with Crippen molar-refractivity contribution in [1.82, 2.24) is 15.5 Å². The van der Waals surface area contributed by atoms with E-state index in [1.807, 2.05) is 43.3 Å². The summed E-state index contributed by atoms with van der Waals surface area (Å²) in [5.41, 5.74) is 1.14. The Morgan fingerprint density at radius 3 is 2.89 bits per heavy atom. The Balaban J connectivity index is 2.00. The van der Waals surface area contributed by atoms with Crippen LogP contribution in [0.15, 0.2) is 34.9 Å². The third kappa shape index (κ3) is 3.15. The summed E-state index contributed by atoms with van der Waals surface area (Å²) >= 11 is 0. The number of rotatable bonds is 5. The van der Waals surface area contributed by atoms with E-state index in [0.29, 0.717) is 18.1 Å². The first-order valence-electron chi connectivity index (χ1n) is 5.76. The van der Waals surface area contributed by atoms with Crippen molar-refractivity contribution in [3.63, 3.8) is 0 Å². The van der Waals surface area contributed by atoms with Gasteiger partial charge >= 0.3 is 0 Å². The fourth-order valence-corrected chi connectivity index (χ4v) is 1.58. The zero-order valence-electron chi connectivity index (χ0n) is 10.1. The lowest BCUT2D eigenvalue weighted by Crippen LogP contribution is -2.18. The number of nitriles is 1. The number of hydrogen-bond donors (Lipinski definition) is 1. The van der Waals surface area contributed by atoms with Gasteiger partial charge in [0.1, 0.15) is 0 Å². The molecule has 0 unspecified atom stereocenters. The molecule has 1 N–H and O–H groups in total. The zero-order valence-corrected chi connectivity index (χ0v) is 10.1. The van der Waals surface area contributed by atoms with Crippen molar-refractivity contribution < 1.29 is 4.52 Å². The van der Waals surface area contributed by atoms with E-state index in [1.165, 1.54) is 0 Å². The molecule has 18 heavy (non-hydrogen) atoms. The molecule has 2 aromatic rings. The number of aromatic nitrogens is 2. The summed E-state index contributed by atoms with van der Waals surface area (Å²) in [6, 6.07) is 11.9. The van der Waals surface area contributed by atoms with Crippen LogP contribution in [-0.4, -0.2) is 16.7 Å². The van der Waals surface area contributed by atoms with E-state index in [2.05, 4.69) is 15.5 Å². The molecule has 1 heterocycles. The molecule has 0 bridgehead atoms. The molecular weight excluding hydrogens is 228 g/mol. The number of benzene rings is 1. The summed E-state index contributed by atoms with van der Waals surface area (Å²) in [6.45, 7) is 2.15. The molecule has 0 amide bonds. The van der Waals surface area contributed by atoms with Crippen molar-refractivity contribution in [2.75, 3.05) is 6.54 Å². The second kappa shape index (κ2) is 5.94. The van der Waals surface area contributed by atoms with Gasteiger partial charge in [0.05, 0.1) is 18.7 Å². The van der Waals surface area contributed by atoms with Crippen LogP contribution in [0.1, 0.15) is 30.2 Å². The van der Waals surface area contributed by atoms with E-state index < -0.39 is 0 Å². The maximum Gasteiger partial charge on any atom is 0.243 e. The molecule has 5 nitrogen and oxygen atoms in total. The largest absolute Gasteiger partial charge is 0.338 e. The molecule has 1 aromatic heterocycles. The van der Waals surface area contributed by atoms with Crippen LogP contribution in [0.5, 0.6) is 0 Å². The van der Waals surface area contributed by atoms with Crippen LogP contribution < -0.4 is 5.32 Å². The van der Waals surface area contributed by atoms with Crippen molar-refractivity contribution in [1.29, 1.82) is 5.26 Å². The Morgan fingerprint density at radius 2 is 2.17 bits per heavy atom. The van der Waals surface area contributed by atoms with Gasteiger partial charge in [-0.15, -0.1) is 0 Å². The van der Waals surface area contributed by atoms with Gasteiger partial charge in [-0.25, -0.2) is 0 Å². The number of nitrogens with one attached hydrogen (secondary N) is 1. The van der Waals surface area contributed by atoms with Crippen molar-refractivity contribution in [3.05, 3.63) is 47.6 Å². The molecule has 0 aliphatic rings. The van der Waals surface area contributed by atoms with Gasteiger partial charge in [-0.2, -0.15) is 10.2 Å². The molecule has 0 fully saturated rings. The predicted octanol–water partition coefficient (Wildman–Crippen LogP) is 1.83. The first kappa shape index (κ1) is 12.3. The Labute approximate surface area is 105 Å². The van der Waals surface area contributed by atoms with Crippen LogP contribution in [0.3, 0.4) is 0 Å². The monoisotopic (exact) mass is 242 g/mol. The molecule has 92 valence electrons. The van der Waals surface area contributed by atoms with Gasteiger partial charge in [0.15, 0.2) is 5.82 Å². The molecule has 1 aromatic carbocycles. The molecular formula is C13H14N4O. The number of nitrogens with zero attached hydrogens (tertiary/aromatic N) is 3. The van der Waals surface area contributed by atoms with Crippen LogP contribution in [0, 0.1) is 11.3 Å². The van der Waals surface area contributed by atoms with Crippen molar-refractivity contribution in [2.45, 2.75) is 19.4 Å². The smallest absolute Gasteiger partial charge is 0.243 e. The summed E-state index contributed by atoms with van der Waals surface area (Å²) in [7, 11) is 0. The van der Waals surface area contributed by atoms with Gasteiger partial charge < -0.3 is 4.52 Å². The third-order valence-corrected chi connectivity index (χ3v) is 2.55. The molecule has 1 atom stereocenters. The van der Waals surface area contributed by atoms with Crippen molar-refractivity contribution in [3.8, 4) is 6.07 Å². The Hall–Kier alpha value is -2.19. The average Bonchev–Trinajstić information content (AvgIpc) is 2.86. The van der Waals surface area contributed by atoms with Gasteiger partial charge in [0.2, 0.25) is 5.89 Å². The quantitative estimate of drug-likeness (QED) is 0.810. The van der Waals surface area contributed by atoms with Crippen molar-refractivity contribution >= 4 is 0 Å². The third-order valence-electron chi connectivity index (χ3n) is 2.55. The van der Waals surface area contributed by atoms with E-state index in [0.717, 1.165) is 5.56 Å². The minimum atomic E-state index is -0.110. The van der Waals surface area contributed by atoms with E-state index in [1.54, 1.807) is 0 Å². The minimum Gasteiger partial charge on any atom is -0.338 e. The Kier molecular flexibility index (Phi) is 4.05. The summed E-state index contributed by atoms with van der Waals surface area (Å²) in [6.07, 6.45) is 0.648. The van der Waals surface area contributed by atoms with Gasteiger partial charge in [-0.1, -0.05) is 35.5 Å². The standard InChI is InChI=1S/C13H14N4O/c1-10(15-8-7-14)13-16-12(17-18-13)9-11-5-3-2-4-6-11/h2-6,10,15H,8-9H2,1H3/t10-/m1/s1. The van der Waals surface area contributed by atoms with E-state index in [4.69, 9.17) is 9.78 Å². The second-order valence-electron chi connectivity index (χ2n) is 3.97. The second-order valence-corrected chi connectivity index (χ2v) is 3.97. The predicted molar refractivity (Wildman–Crippen MR) is 65.6 cm³/mol. The maximum absolute atomic E-state index is 8.48. The highest BCUT2D eigenvalue weighted by molar-refractivity contribution is 5.18. The van der Waals surface area contributed by atoms with E-state index in [-0.39, 0.29) is 12.6 Å². The van der Waals surface area contributed by atoms with Gasteiger partial charge in [0.25, 0.3) is 0 Å². The van der Waals surface area contributed by atoms with Crippen LogP contribution in [0.2, 0.25) is 0 Å². The summed E-state index contributed by atoms with van der Waals surface area (Å²) < 4.78 is 5.16. The minimum absolute atomic E-state index is 0.110. The molecule has 0 radical (unpaired) electrons. The van der Waals surface area contributed by atoms with Gasteiger partial charge in [-0.05, 0) is 12.5 Å². The molecule has 0 saturated carbocycles. The van der Waals surface area contributed by atoms with Crippen LogP contribution in [-0.2, 0) is 6.42 Å². The first-order chi connectivity index (χ1) is 8.79. The fraction of sp³-hybridized carbons (Fsp3) is 0.308. The van der Waals surface area contributed by atoms with Crippen LogP contribution in [0.4, 0.5) is 0 Å². The number of hydrogen-bond acceptors (Lipinski definition) is 5. The SMILES string of the molecule is C[C@@H](NCC#N)c1nc(Cc2ccccc2)no1. The Morgan fingerprint density at radius 1 is 1.39 bits per heavy atom. The van der Waals surface area contributed by atoms with Gasteiger partial charge in [0, 0.05) is 6.42 Å². The fourth-order valence-electron chi connectivity index (χ4n) is 1.58. The van der Waals surface area contributed by atoms with E-state index in [9.17, 15) is 0 Å². The highest BCUT2D eigenvalue weighted by Crippen LogP contribution is 2.11. The normalized spacial score (nSPS) is 12.0. The molecule has 0 aliphatic carbocycles.